The smallest absolute Gasteiger partial charge is 0.263 e. The van der Waals surface area contributed by atoms with Gasteiger partial charge in [0.05, 0.1) is 5.69 Å². The summed E-state index contributed by atoms with van der Waals surface area (Å²) in [4.78, 5) is 16.6. The quantitative estimate of drug-likeness (QED) is 0.739. The Hall–Kier alpha value is -1.93. The summed E-state index contributed by atoms with van der Waals surface area (Å²) in [5.74, 6) is 0.367. The number of nitrogen functional groups attached to an aromatic ring is 1. The number of thiophene rings is 1. The van der Waals surface area contributed by atoms with E-state index in [-0.39, 0.29) is 5.91 Å². The zero-order chi connectivity index (χ0) is 14.8. The topological polar surface area (TPSA) is 94.0 Å². The first-order valence-corrected chi connectivity index (χ1v) is 7.77. The van der Waals surface area contributed by atoms with Crippen LogP contribution in [-0.4, -0.2) is 22.6 Å². The molecular weight excluding hydrogens is 356 g/mol. The van der Waals surface area contributed by atoms with Gasteiger partial charge >= 0.3 is 0 Å². The van der Waals surface area contributed by atoms with Gasteiger partial charge in [0.2, 0.25) is 6.39 Å². The summed E-state index contributed by atoms with van der Waals surface area (Å²) in [5, 5.41) is 7.38. The molecule has 21 heavy (non-hydrogen) atoms. The number of hydrogen-bond acceptors (Lipinski definition) is 6. The third kappa shape index (κ3) is 2.77. The van der Waals surface area contributed by atoms with E-state index in [9.17, 15) is 4.79 Å². The average Bonchev–Trinajstić information content (AvgIpc) is 3.08. The molecule has 0 saturated carbocycles. The number of hydrogen-bond donors (Lipinski definition) is 2. The molecule has 0 aliphatic heterocycles. The van der Waals surface area contributed by atoms with Crippen molar-refractivity contribution >= 4 is 48.9 Å². The van der Waals surface area contributed by atoms with Crippen LogP contribution in [0.25, 0.3) is 10.1 Å². The molecule has 0 aliphatic carbocycles. The van der Waals surface area contributed by atoms with Crippen molar-refractivity contribution in [3.8, 4) is 0 Å². The Morgan fingerprint density at radius 1 is 1.48 bits per heavy atom. The largest absolute Gasteiger partial charge is 0.397 e. The van der Waals surface area contributed by atoms with Gasteiger partial charge in [0, 0.05) is 27.5 Å². The van der Waals surface area contributed by atoms with E-state index >= 15 is 0 Å². The number of anilines is 1. The van der Waals surface area contributed by atoms with Gasteiger partial charge in [0.25, 0.3) is 5.91 Å². The van der Waals surface area contributed by atoms with Crippen LogP contribution in [-0.2, 0) is 6.42 Å². The predicted octanol–water partition coefficient (Wildman–Crippen LogP) is 2.60. The molecule has 6 nitrogen and oxygen atoms in total. The Morgan fingerprint density at radius 2 is 2.33 bits per heavy atom. The van der Waals surface area contributed by atoms with Crippen LogP contribution in [0.2, 0.25) is 0 Å². The van der Waals surface area contributed by atoms with Crippen molar-refractivity contribution in [3.05, 3.63) is 39.8 Å². The molecule has 3 rings (SSSR count). The average molecular weight is 367 g/mol. The molecule has 1 amide bonds. The molecule has 0 unspecified atom stereocenters. The highest BCUT2D eigenvalue weighted by molar-refractivity contribution is 9.10. The zero-order valence-electron chi connectivity index (χ0n) is 10.8. The molecule has 1 aromatic carbocycles. The van der Waals surface area contributed by atoms with Crippen molar-refractivity contribution in [1.29, 1.82) is 0 Å². The SMILES string of the molecule is Nc1c(C(=O)NCCc2ncon2)sc2cccc(Br)c12. The minimum atomic E-state index is -0.191. The van der Waals surface area contributed by atoms with E-state index in [0.717, 1.165) is 14.6 Å². The van der Waals surface area contributed by atoms with Gasteiger partial charge < -0.3 is 15.6 Å². The van der Waals surface area contributed by atoms with E-state index in [0.29, 0.717) is 29.4 Å². The Bertz CT molecular complexity index is 785. The number of rotatable bonds is 4. The fourth-order valence-electron chi connectivity index (χ4n) is 1.97. The Kier molecular flexibility index (Phi) is 3.89. The number of halogens is 1. The van der Waals surface area contributed by atoms with Crippen LogP contribution < -0.4 is 11.1 Å². The first kappa shape index (κ1) is 14.0. The first-order valence-electron chi connectivity index (χ1n) is 6.16. The van der Waals surface area contributed by atoms with Gasteiger partial charge in [-0.1, -0.05) is 27.2 Å². The summed E-state index contributed by atoms with van der Waals surface area (Å²) in [7, 11) is 0. The fourth-order valence-corrected chi connectivity index (χ4v) is 3.74. The van der Waals surface area contributed by atoms with Crippen LogP contribution in [0.15, 0.2) is 33.6 Å². The van der Waals surface area contributed by atoms with Crippen molar-refractivity contribution in [1.82, 2.24) is 15.5 Å². The van der Waals surface area contributed by atoms with Crippen LogP contribution in [0.1, 0.15) is 15.5 Å². The maximum absolute atomic E-state index is 12.2. The van der Waals surface area contributed by atoms with Crippen LogP contribution in [0.5, 0.6) is 0 Å². The van der Waals surface area contributed by atoms with E-state index in [2.05, 4.69) is 35.9 Å². The van der Waals surface area contributed by atoms with Crippen molar-refractivity contribution in [2.45, 2.75) is 6.42 Å². The number of benzene rings is 1. The van der Waals surface area contributed by atoms with Crippen molar-refractivity contribution in [2.24, 2.45) is 0 Å². The van der Waals surface area contributed by atoms with Crippen LogP contribution >= 0.6 is 27.3 Å². The summed E-state index contributed by atoms with van der Waals surface area (Å²) in [6, 6.07) is 5.76. The molecule has 0 fully saturated rings. The van der Waals surface area contributed by atoms with Crippen molar-refractivity contribution in [2.75, 3.05) is 12.3 Å². The number of amides is 1. The van der Waals surface area contributed by atoms with Crippen molar-refractivity contribution in [3.63, 3.8) is 0 Å². The van der Waals surface area contributed by atoms with E-state index in [1.54, 1.807) is 0 Å². The van der Waals surface area contributed by atoms with Gasteiger partial charge in [0.1, 0.15) is 4.88 Å². The lowest BCUT2D eigenvalue weighted by molar-refractivity contribution is 0.0959. The maximum atomic E-state index is 12.2. The molecule has 108 valence electrons. The number of carbonyl (C=O) groups is 1. The number of nitrogens with one attached hydrogen (secondary N) is 1. The molecule has 0 atom stereocenters. The summed E-state index contributed by atoms with van der Waals surface area (Å²) in [5.41, 5.74) is 6.59. The maximum Gasteiger partial charge on any atom is 0.263 e. The lowest BCUT2D eigenvalue weighted by Gasteiger charge is -2.02. The molecule has 3 N–H and O–H groups in total. The Morgan fingerprint density at radius 3 is 3.05 bits per heavy atom. The minimum absolute atomic E-state index is 0.191. The van der Waals surface area contributed by atoms with Crippen LogP contribution in [0.3, 0.4) is 0 Å². The highest BCUT2D eigenvalue weighted by atomic mass is 79.9. The third-order valence-corrected chi connectivity index (χ3v) is 4.78. The highest BCUT2D eigenvalue weighted by Gasteiger charge is 2.17. The van der Waals surface area contributed by atoms with Gasteiger partial charge in [-0.2, -0.15) is 4.98 Å². The Labute approximate surface area is 132 Å². The van der Waals surface area contributed by atoms with Crippen molar-refractivity contribution < 1.29 is 9.32 Å². The molecule has 0 bridgehead atoms. The van der Waals surface area contributed by atoms with E-state index in [4.69, 9.17) is 5.73 Å². The summed E-state index contributed by atoms with van der Waals surface area (Å²) in [6.45, 7) is 0.424. The highest BCUT2D eigenvalue weighted by Crippen LogP contribution is 2.37. The molecule has 2 aromatic heterocycles. The second kappa shape index (κ2) is 5.82. The van der Waals surface area contributed by atoms with Gasteiger partial charge in [-0.05, 0) is 12.1 Å². The van der Waals surface area contributed by atoms with Crippen LogP contribution in [0.4, 0.5) is 5.69 Å². The standard InChI is InChI=1S/C13H11BrN4O2S/c14-7-2-1-3-8-10(7)11(15)12(21-8)13(19)16-5-4-9-17-6-20-18-9/h1-3,6H,4-5,15H2,(H,16,19). The second-order valence-corrected chi connectivity index (χ2v) is 6.22. The first-order chi connectivity index (χ1) is 10.2. The number of nitrogens with zero attached hydrogens (tertiary/aromatic N) is 2. The third-order valence-electron chi connectivity index (χ3n) is 2.95. The molecule has 2 heterocycles. The van der Waals surface area contributed by atoms with Gasteiger partial charge in [-0.3, -0.25) is 4.79 Å². The van der Waals surface area contributed by atoms with Crippen LogP contribution in [0, 0.1) is 0 Å². The fraction of sp³-hybridized carbons (Fsp3) is 0.154. The second-order valence-electron chi connectivity index (χ2n) is 4.31. The normalized spacial score (nSPS) is 10.9. The monoisotopic (exact) mass is 366 g/mol. The van der Waals surface area contributed by atoms with E-state index in [1.165, 1.54) is 17.7 Å². The summed E-state index contributed by atoms with van der Waals surface area (Å²) < 4.78 is 6.50. The number of nitrogens with two attached hydrogens (primary N) is 1. The molecule has 0 saturated heterocycles. The lowest BCUT2D eigenvalue weighted by Crippen LogP contribution is -2.25. The molecule has 8 heteroatoms. The number of fused-ring (bicyclic) bond motifs is 1. The minimum Gasteiger partial charge on any atom is -0.397 e. The molecule has 3 aromatic rings. The summed E-state index contributed by atoms with van der Waals surface area (Å²) in [6.07, 6.45) is 1.77. The molecular formula is C13H11BrN4O2S. The predicted molar refractivity (Wildman–Crippen MR) is 84.3 cm³/mol. The zero-order valence-corrected chi connectivity index (χ0v) is 13.2. The molecule has 0 spiro atoms. The Balaban J connectivity index is 1.75. The van der Waals surface area contributed by atoms with Gasteiger partial charge in [0.15, 0.2) is 5.82 Å². The number of carbonyl (C=O) groups excluding carboxylic acids is 1. The van der Waals surface area contributed by atoms with Gasteiger partial charge in [-0.15, -0.1) is 11.3 Å². The molecule has 0 radical (unpaired) electrons. The van der Waals surface area contributed by atoms with E-state index < -0.39 is 0 Å². The summed E-state index contributed by atoms with van der Waals surface area (Å²) >= 11 is 4.83. The number of aromatic nitrogens is 2. The lowest BCUT2D eigenvalue weighted by atomic mass is 10.2. The van der Waals surface area contributed by atoms with E-state index in [1.807, 2.05) is 18.2 Å². The molecule has 0 aliphatic rings. The van der Waals surface area contributed by atoms with Gasteiger partial charge in [-0.25, -0.2) is 0 Å².